The number of hydrogen-bond donors (Lipinski definition) is 3. The number of nitrogens with one attached hydrogen (secondary N) is 3. The van der Waals surface area contributed by atoms with Crippen molar-refractivity contribution in [1.29, 1.82) is 0 Å². The highest BCUT2D eigenvalue weighted by Gasteiger charge is 2.15. The molecule has 4 aromatic carbocycles. The highest BCUT2D eigenvalue weighted by molar-refractivity contribution is 9.10. The maximum absolute atomic E-state index is 13.2. The summed E-state index contributed by atoms with van der Waals surface area (Å²) in [5.74, 6) is -0.145. The smallest absolute Gasteiger partial charge is 0.272 e. The van der Waals surface area contributed by atoms with Gasteiger partial charge in [-0.15, -0.1) is 11.8 Å². The van der Waals surface area contributed by atoms with Gasteiger partial charge in [0.15, 0.2) is 0 Å². The fraction of sp³-hybridized carbons (Fsp3) is 0.0645. The number of amides is 3. The van der Waals surface area contributed by atoms with Gasteiger partial charge in [-0.25, -0.2) is 0 Å². The third-order valence-corrected chi connectivity index (χ3v) is 7.08. The first kappa shape index (κ1) is 28.7. The summed E-state index contributed by atoms with van der Waals surface area (Å²) in [7, 11) is 1.56. The summed E-state index contributed by atoms with van der Waals surface area (Å²) in [6.45, 7) is 0. The molecule has 0 saturated heterocycles. The minimum absolute atomic E-state index is 0.0742. The molecule has 0 aliphatic carbocycles. The molecule has 4 aromatic rings. The molecule has 0 spiro atoms. The molecule has 0 bridgehead atoms. The van der Waals surface area contributed by atoms with Crippen molar-refractivity contribution in [1.82, 2.24) is 5.32 Å². The standard InChI is InChI=1S/C31H26BrN3O4S/c1-39-26-9-5-6-21(18-26)19-28(35-30(37)22-7-3-2-4-8-22)31(38)34-25-14-16-27(17-15-25)40-20-29(36)33-24-12-10-23(32)11-13-24/h2-19H,20H2,1H3,(H,33,36)(H,34,38)(H,35,37)/b28-19-. The summed E-state index contributed by atoms with van der Waals surface area (Å²) < 4.78 is 6.22. The molecular formula is C31H26BrN3O4S. The van der Waals surface area contributed by atoms with Crippen LogP contribution in [0.2, 0.25) is 0 Å². The fourth-order valence-electron chi connectivity index (χ4n) is 3.55. The molecule has 9 heteroatoms. The van der Waals surface area contributed by atoms with E-state index in [1.807, 2.05) is 48.5 Å². The number of rotatable bonds is 10. The molecular weight excluding hydrogens is 590 g/mol. The van der Waals surface area contributed by atoms with Crippen LogP contribution in [0.25, 0.3) is 6.08 Å². The molecule has 0 aliphatic rings. The second kappa shape index (κ2) is 14.2. The molecule has 0 heterocycles. The minimum Gasteiger partial charge on any atom is -0.497 e. The van der Waals surface area contributed by atoms with E-state index >= 15 is 0 Å². The first-order chi connectivity index (χ1) is 19.4. The molecule has 0 aliphatic heterocycles. The third kappa shape index (κ3) is 8.59. The largest absolute Gasteiger partial charge is 0.497 e. The van der Waals surface area contributed by atoms with Gasteiger partial charge in [0.2, 0.25) is 5.91 Å². The number of thioether (sulfide) groups is 1. The Balaban J connectivity index is 1.41. The molecule has 0 atom stereocenters. The third-order valence-electron chi connectivity index (χ3n) is 5.54. The maximum atomic E-state index is 13.2. The van der Waals surface area contributed by atoms with Crippen LogP contribution in [-0.2, 0) is 9.59 Å². The van der Waals surface area contributed by atoms with E-state index in [4.69, 9.17) is 4.74 Å². The van der Waals surface area contributed by atoms with Gasteiger partial charge < -0.3 is 20.7 Å². The zero-order valence-corrected chi connectivity index (χ0v) is 23.9. The van der Waals surface area contributed by atoms with Crippen LogP contribution in [-0.4, -0.2) is 30.6 Å². The summed E-state index contributed by atoms with van der Waals surface area (Å²) >= 11 is 4.75. The van der Waals surface area contributed by atoms with Crippen LogP contribution in [0.3, 0.4) is 0 Å². The molecule has 202 valence electrons. The lowest BCUT2D eigenvalue weighted by Crippen LogP contribution is -2.30. The van der Waals surface area contributed by atoms with Crippen molar-refractivity contribution < 1.29 is 19.1 Å². The van der Waals surface area contributed by atoms with Crippen LogP contribution >= 0.6 is 27.7 Å². The lowest BCUT2D eigenvalue weighted by molar-refractivity contribution is -0.114. The molecule has 7 nitrogen and oxygen atoms in total. The number of carbonyl (C=O) groups excluding carboxylic acids is 3. The van der Waals surface area contributed by atoms with Gasteiger partial charge in [0.05, 0.1) is 12.9 Å². The fourth-order valence-corrected chi connectivity index (χ4v) is 4.52. The topological polar surface area (TPSA) is 96.5 Å². The Hall–Kier alpha value is -4.34. The summed E-state index contributed by atoms with van der Waals surface area (Å²) in [6.07, 6.45) is 1.59. The maximum Gasteiger partial charge on any atom is 0.272 e. The zero-order chi connectivity index (χ0) is 28.3. The first-order valence-electron chi connectivity index (χ1n) is 12.2. The highest BCUT2D eigenvalue weighted by atomic mass is 79.9. The van der Waals surface area contributed by atoms with Crippen LogP contribution in [0.1, 0.15) is 15.9 Å². The van der Waals surface area contributed by atoms with E-state index in [0.717, 1.165) is 15.1 Å². The number of benzene rings is 4. The summed E-state index contributed by atoms with van der Waals surface area (Å²) in [5, 5.41) is 8.41. The van der Waals surface area contributed by atoms with Crippen molar-refractivity contribution >= 4 is 62.9 Å². The second-order valence-electron chi connectivity index (χ2n) is 8.48. The van der Waals surface area contributed by atoms with Crippen molar-refractivity contribution in [3.63, 3.8) is 0 Å². The van der Waals surface area contributed by atoms with Gasteiger partial charge in [-0.2, -0.15) is 0 Å². The van der Waals surface area contributed by atoms with Crippen LogP contribution in [0, 0.1) is 0 Å². The Bertz CT molecular complexity index is 1510. The Morgan fingerprint density at radius 1 is 0.825 bits per heavy atom. The Labute approximate surface area is 245 Å². The molecule has 3 amide bonds. The van der Waals surface area contributed by atoms with E-state index in [0.29, 0.717) is 22.6 Å². The van der Waals surface area contributed by atoms with E-state index in [1.165, 1.54) is 11.8 Å². The summed E-state index contributed by atoms with van der Waals surface area (Å²) in [6, 6.07) is 30.3. The predicted octanol–water partition coefficient (Wildman–Crippen LogP) is 6.60. The second-order valence-corrected chi connectivity index (χ2v) is 10.4. The van der Waals surface area contributed by atoms with Crippen molar-refractivity contribution in [3.05, 3.63) is 124 Å². The van der Waals surface area contributed by atoms with E-state index in [2.05, 4.69) is 31.9 Å². The van der Waals surface area contributed by atoms with Gasteiger partial charge in [0, 0.05) is 26.3 Å². The van der Waals surface area contributed by atoms with Crippen molar-refractivity contribution in [3.8, 4) is 5.75 Å². The Kier molecular flexibility index (Phi) is 10.1. The number of hydrogen-bond acceptors (Lipinski definition) is 5. The summed E-state index contributed by atoms with van der Waals surface area (Å²) in [5.41, 5.74) is 2.46. The molecule has 0 radical (unpaired) electrons. The van der Waals surface area contributed by atoms with Crippen LogP contribution in [0.15, 0.2) is 118 Å². The number of halogens is 1. The molecule has 0 saturated carbocycles. The van der Waals surface area contributed by atoms with Gasteiger partial charge in [-0.05, 0) is 84.4 Å². The van der Waals surface area contributed by atoms with Gasteiger partial charge in [0.25, 0.3) is 11.8 Å². The van der Waals surface area contributed by atoms with E-state index in [1.54, 1.807) is 67.8 Å². The van der Waals surface area contributed by atoms with Crippen LogP contribution in [0.5, 0.6) is 5.75 Å². The lowest BCUT2D eigenvalue weighted by Gasteiger charge is -2.12. The minimum atomic E-state index is -0.485. The molecule has 3 N–H and O–H groups in total. The average molecular weight is 617 g/mol. The number of ether oxygens (including phenoxy) is 1. The van der Waals surface area contributed by atoms with Crippen LogP contribution in [0.4, 0.5) is 11.4 Å². The Morgan fingerprint density at radius 2 is 1.50 bits per heavy atom. The number of methoxy groups -OCH3 is 1. The molecule has 4 rings (SSSR count). The first-order valence-corrected chi connectivity index (χ1v) is 14.0. The molecule has 0 unspecified atom stereocenters. The SMILES string of the molecule is COc1cccc(/C=C(\NC(=O)c2ccccc2)C(=O)Nc2ccc(SCC(=O)Nc3ccc(Br)cc3)cc2)c1. The lowest BCUT2D eigenvalue weighted by atomic mass is 10.1. The predicted molar refractivity (Wildman–Crippen MR) is 163 cm³/mol. The molecule has 0 fully saturated rings. The van der Waals surface area contributed by atoms with E-state index < -0.39 is 11.8 Å². The molecule has 0 aromatic heterocycles. The van der Waals surface area contributed by atoms with E-state index in [-0.39, 0.29) is 17.4 Å². The zero-order valence-electron chi connectivity index (χ0n) is 21.5. The monoisotopic (exact) mass is 615 g/mol. The number of carbonyl (C=O) groups is 3. The van der Waals surface area contributed by atoms with Crippen molar-refractivity contribution in [2.24, 2.45) is 0 Å². The van der Waals surface area contributed by atoms with Gasteiger partial charge in [-0.1, -0.05) is 46.3 Å². The van der Waals surface area contributed by atoms with Gasteiger partial charge in [0.1, 0.15) is 11.4 Å². The van der Waals surface area contributed by atoms with Gasteiger partial charge in [-0.3, -0.25) is 14.4 Å². The van der Waals surface area contributed by atoms with E-state index in [9.17, 15) is 14.4 Å². The number of anilines is 2. The quantitative estimate of drug-likeness (QED) is 0.138. The normalized spacial score (nSPS) is 10.9. The average Bonchev–Trinajstić information content (AvgIpc) is 2.98. The summed E-state index contributed by atoms with van der Waals surface area (Å²) in [4.78, 5) is 39.2. The molecule has 40 heavy (non-hydrogen) atoms. The van der Waals surface area contributed by atoms with Crippen molar-refractivity contribution in [2.75, 3.05) is 23.5 Å². The van der Waals surface area contributed by atoms with Gasteiger partial charge >= 0.3 is 0 Å². The highest BCUT2D eigenvalue weighted by Crippen LogP contribution is 2.22. The Morgan fingerprint density at radius 3 is 2.20 bits per heavy atom. The van der Waals surface area contributed by atoms with Crippen molar-refractivity contribution in [2.45, 2.75) is 4.90 Å². The van der Waals surface area contributed by atoms with Crippen LogP contribution < -0.4 is 20.7 Å².